The van der Waals surface area contributed by atoms with Gasteiger partial charge in [0, 0.05) is 23.2 Å². The second kappa shape index (κ2) is 5.81. The van der Waals surface area contributed by atoms with Gasteiger partial charge in [-0.3, -0.25) is 0 Å². The predicted octanol–water partition coefficient (Wildman–Crippen LogP) is 0.996. The van der Waals surface area contributed by atoms with Crippen LogP contribution >= 0.6 is 0 Å². The van der Waals surface area contributed by atoms with Gasteiger partial charge in [0.05, 0.1) is 24.1 Å². The molecule has 0 bridgehead atoms. The molecule has 2 aromatic rings. The van der Waals surface area contributed by atoms with Crippen LogP contribution in [0.25, 0.3) is 11.1 Å². The molecule has 0 fully saturated rings. The lowest BCUT2D eigenvalue weighted by atomic mass is 9.96. The summed E-state index contributed by atoms with van der Waals surface area (Å²) < 4.78 is 0. The van der Waals surface area contributed by atoms with E-state index in [1.165, 1.54) is 0 Å². The van der Waals surface area contributed by atoms with Gasteiger partial charge in [0.25, 0.3) is 0 Å². The van der Waals surface area contributed by atoms with Crippen LogP contribution in [0, 0.1) is 0 Å². The second-order valence-electron chi connectivity index (χ2n) is 4.77. The lowest BCUT2D eigenvalue weighted by Gasteiger charge is -2.15. The average molecular weight is 273 g/mol. The van der Waals surface area contributed by atoms with E-state index in [-0.39, 0.29) is 6.61 Å². The highest BCUT2D eigenvalue weighted by atomic mass is 16.3. The summed E-state index contributed by atoms with van der Waals surface area (Å²) in [6, 6.07) is 10.9. The topological polar surface area (TPSA) is 119 Å². The van der Waals surface area contributed by atoms with Crippen LogP contribution in [0.1, 0.15) is 5.56 Å². The molecule has 0 spiro atoms. The van der Waals surface area contributed by atoms with Crippen molar-refractivity contribution < 1.29 is 10.2 Å². The molecule has 0 heterocycles. The minimum Gasteiger partial charge on any atom is -0.398 e. The van der Waals surface area contributed by atoms with Crippen molar-refractivity contribution >= 4 is 17.1 Å². The molecule has 0 aliphatic rings. The zero-order valence-electron chi connectivity index (χ0n) is 11.1. The van der Waals surface area contributed by atoms with Crippen LogP contribution in [0.4, 0.5) is 17.1 Å². The number of nitrogens with two attached hydrogens (primary N) is 3. The van der Waals surface area contributed by atoms with Crippen molar-refractivity contribution in [2.24, 2.45) is 0 Å². The lowest BCUT2D eigenvalue weighted by molar-refractivity contribution is 0.0955. The Bertz CT molecular complexity index is 614. The van der Waals surface area contributed by atoms with Gasteiger partial charge in [-0.25, -0.2) is 0 Å². The largest absolute Gasteiger partial charge is 0.398 e. The van der Waals surface area contributed by atoms with Gasteiger partial charge in [0.1, 0.15) is 0 Å². The molecule has 0 saturated heterocycles. The first kappa shape index (κ1) is 14.2. The van der Waals surface area contributed by atoms with E-state index in [9.17, 15) is 5.11 Å². The SMILES string of the molecule is Nc1ccccc1-c1cc(CC(O)CO)cc(N)c1N. The quantitative estimate of drug-likeness (QED) is 0.532. The molecule has 0 saturated carbocycles. The summed E-state index contributed by atoms with van der Waals surface area (Å²) in [6.07, 6.45) is -0.514. The molecule has 20 heavy (non-hydrogen) atoms. The Hall–Kier alpha value is -2.24. The maximum atomic E-state index is 9.54. The Balaban J connectivity index is 2.50. The van der Waals surface area contributed by atoms with Crippen LogP contribution in [-0.2, 0) is 6.42 Å². The van der Waals surface area contributed by atoms with E-state index < -0.39 is 6.10 Å². The molecule has 8 N–H and O–H groups in total. The van der Waals surface area contributed by atoms with Gasteiger partial charge >= 0.3 is 0 Å². The maximum absolute atomic E-state index is 9.54. The highest BCUT2D eigenvalue weighted by Gasteiger charge is 2.12. The van der Waals surface area contributed by atoms with Crippen molar-refractivity contribution in [3.8, 4) is 11.1 Å². The first-order chi connectivity index (χ1) is 9.52. The van der Waals surface area contributed by atoms with Crippen LogP contribution in [-0.4, -0.2) is 22.9 Å². The fourth-order valence-corrected chi connectivity index (χ4v) is 2.16. The maximum Gasteiger partial charge on any atom is 0.0811 e. The number of para-hydroxylation sites is 1. The standard InChI is InChI=1S/C15H19N3O2/c16-13-4-2-1-3-11(13)12-6-9(5-10(20)8-19)7-14(17)15(12)18/h1-4,6-7,10,19-20H,5,8,16-18H2. The number of hydrogen-bond acceptors (Lipinski definition) is 5. The molecule has 0 aliphatic heterocycles. The van der Waals surface area contributed by atoms with Crippen LogP contribution in [0.2, 0.25) is 0 Å². The Morgan fingerprint density at radius 1 is 0.950 bits per heavy atom. The van der Waals surface area contributed by atoms with Crippen molar-refractivity contribution in [1.82, 2.24) is 0 Å². The molecule has 1 unspecified atom stereocenters. The zero-order valence-corrected chi connectivity index (χ0v) is 11.1. The average Bonchev–Trinajstić information content (AvgIpc) is 2.43. The number of anilines is 3. The van der Waals surface area contributed by atoms with Gasteiger partial charge < -0.3 is 27.4 Å². The number of nitrogen functional groups attached to an aromatic ring is 3. The summed E-state index contributed by atoms with van der Waals surface area (Å²) in [5, 5.41) is 18.5. The molecular weight excluding hydrogens is 254 g/mol. The molecular formula is C15H19N3O2. The highest BCUT2D eigenvalue weighted by molar-refractivity contribution is 5.89. The molecule has 1 atom stereocenters. The van der Waals surface area contributed by atoms with Crippen LogP contribution in [0.15, 0.2) is 36.4 Å². The summed E-state index contributed by atoms with van der Waals surface area (Å²) in [5.74, 6) is 0. The van der Waals surface area contributed by atoms with Gasteiger partial charge in [0.2, 0.25) is 0 Å². The predicted molar refractivity (Wildman–Crippen MR) is 81.9 cm³/mol. The van der Waals surface area contributed by atoms with Gasteiger partial charge in [-0.2, -0.15) is 0 Å². The normalized spacial score (nSPS) is 12.3. The first-order valence-electron chi connectivity index (χ1n) is 6.34. The minimum atomic E-state index is -0.820. The molecule has 106 valence electrons. The third-order valence-electron chi connectivity index (χ3n) is 3.20. The highest BCUT2D eigenvalue weighted by Crippen LogP contribution is 2.35. The molecule has 2 aromatic carbocycles. The summed E-state index contributed by atoms with van der Waals surface area (Å²) in [5.41, 5.74) is 21.8. The van der Waals surface area contributed by atoms with Crippen molar-refractivity contribution in [2.45, 2.75) is 12.5 Å². The van der Waals surface area contributed by atoms with Crippen molar-refractivity contribution in [2.75, 3.05) is 23.8 Å². The molecule has 0 aromatic heterocycles. The Morgan fingerprint density at radius 3 is 2.30 bits per heavy atom. The molecule has 0 aliphatic carbocycles. The molecule has 5 nitrogen and oxygen atoms in total. The Morgan fingerprint density at radius 2 is 1.65 bits per heavy atom. The van der Waals surface area contributed by atoms with E-state index in [4.69, 9.17) is 22.3 Å². The minimum absolute atomic E-state index is 0.299. The summed E-state index contributed by atoms with van der Waals surface area (Å²) in [6.45, 7) is -0.299. The number of rotatable bonds is 4. The molecule has 5 heteroatoms. The third kappa shape index (κ3) is 2.84. The number of aliphatic hydroxyl groups is 2. The Labute approximate surface area is 117 Å². The second-order valence-corrected chi connectivity index (χ2v) is 4.77. The smallest absolute Gasteiger partial charge is 0.0811 e. The van der Waals surface area contributed by atoms with Gasteiger partial charge in [-0.15, -0.1) is 0 Å². The fraction of sp³-hybridized carbons (Fsp3) is 0.200. The van der Waals surface area contributed by atoms with Gasteiger partial charge in [-0.05, 0) is 23.8 Å². The van der Waals surface area contributed by atoms with E-state index in [2.05, 4.69) is 0 Å². The van der Waals surface area contributed by atoms with Crippen LogP contribution in [0.3, 0.4) is 0 Å². The van der Waals surface area contributed by atoms with E-state index in [1.54, 1.807) is 12.1 Å². The summed E-state index contributed by atoms with van der Waals surface area (Å²) in [7, 11) is 0. The number of aliphatic hydroxyl groups excluding tert-OH is 2. The monoisotopic (exact) mass is 273 g/mol. The van der Waals surface area contributed by atoms with Crippen molar-refractivity contribution in [3.63, 3.8) is 0 Å². The molecule has 0 amide bonds. The Kier molecular flexibility index (Phi) is 4.12. The van der Waals surface area contributed by atoms with E-state index in [0.717, 1.165) is 16.7 Å². The third-order valence-corrected chi connectivity index (χ3v) is 3.20. The van der Waals surface area contributed by atoms with E-state index in [1.807, 2.05) is 24.3 Å². The fourth-order valence-electron chi connectivity index (χ4n) is 2.16. The number of hydrogen-bond donors (Lipinski definition) is 5. The summed E-state index contributed by atoms with van der Waals surface area (Å²) in [4.78, 5) is 0. The molecule has 0 radical (unpaired) electrons. The van der Waals surface area contributed by atoms with Crippen molar-refractivity contribution in [1.29, 1.82) is 0 Å². The van der Waals surface area contributed by atoms with E-state index in [0.29, 0.717) is 23.5 Å². The number of benzene rings is 2. The van der Waals surface area contributed by atoms with Gasteiger partial charge in [-0.1, -0.05) is 18.2 Å². The first-order valence-corrected chi connectivity index (χ1v) is 6.34. The lowest BCUT2D eigenvalue weighted by Crippen LogP contribution is -2.15. The summed E-state index contributed by atoms with van der Waals surface area (Å²) >= 11 is 0. The molecule has 2 rings (SSSR count). The van der Waals surface area contributed by atoms with Crippen LogP contribution < -0.4 is 17.2 Å². The zero-order chi connectivity index (χ0) is 14.7. The van der Waals surface area contributed by atoms with Crippen LogP contribution in [0.5, 0.6) is 0 Å². The van der Waals surface area contributed by atoms with Gasteiger partial charge in [0.15, 0.2) is 0 Å². The van der Waals surface area contributed by atoms with E-state index >= 15 is 0 Å². The van der Waals surface area contributed by atoms with Crippen molar-refractivity contribution in [3.05, 3.63) is 42.0 Å².